The number of aromatic amines is 1. The Kier molecular flexibility index (Phi) is 4.10. The smallest absolute Gasteiger partial charge is 0.330 e. The van der Waals surface area contributed by atoms with Gasteiger partial charge in [-0.3, -0.25) is 14.3 Å². The summed E-state index contributed by atoms with van der Waals surface area (Å²) in [6, 6.07) is 0. The summed E-state index contributed by atoms with van der Waals surface area (Å²) < 4.78 is 6.07. The maximum Gasteiger partial charge on any atom is 0.330 e. The number of H-pyrrole nitrogens is 1. The van der Waals surface area contributed by atoms with E-state index in [0.717, 1.165) is 4.57 Å². The maximum atomic E-state index is 11.8. The van der Waals surface area contributed by atoms with Crippen molar-refractivity contribution < 1.29 is 14.9 Å². The Morgan fingerprint density at radius 1 is 1.58 bits per heavy atom. The van der Waals surface area contributed by atoms with Crippen molar-refractivity contribution in [3.05, 3.63) is 32.6 Å². The van der Waals surface area contributed by atoms with E-state index in [1.165, 1.54) is 6.20 Å². The lowest BCUT2D eigenvalue weighted by Crippen LogP contribution is -2.36. The Morgan fingerprint density at radius 2 is 2.26 bits per heavy atom. The van der Waals surface area contributed by atoms with E-state index in [1.807, 2.05) is 22.6 Å². The number of alkyl halides is 1. The number of aliphatic hydroxyl groups excluding tert-OH is 2. The molecule has 0 spiro atoms. The minimum atomic E-state index is -0.913. The molecule has 1 aliphatic heterocycles. The predicted octanol–water partition coefficient (Wildman–Crippen LogP) is -1.43. The Balaban J connectivity index is 2.46. The van der Waals surface area contributed by atoms with Crippen LogP contribution in [0.2, 0.25) is 0 Å². The molecule has 0 radical (unpaired) electrons. The molecule has 1 aliphatic rings. The van der Waals surface area contributed by atoms with E-state index in [-0.39, 0.29) is 12.2 Å². The van der Waals surface area contributed by atoms with Crippen LogP contribution in [0, 0.1) is 12.3 Å². The first-order chi connectivity index (χ1) is 8.99. The van der Waals surface area contributed by atoms with Crippen LogP contribution in [0.1, 0.15) is 11.8 Å². The van der Waals surface area contributed by atoms with Gasteiger partial charge in [0, 0.05) is 6.20 Å². The molecule has 2 rings (SSSR count). The summed E-state index contributed by atoms with van der Waals surface area (Å²) in [6.07, 6.45) is 3.89. The molecule has 0 saturated carbocycles. The highest BCUT2D eigenvalue weighted by molar-refractivity contribution is 14.1. The van der Waals surface area contributed by atoms with Gasteiger partial charge in [-0.15, -0.1) is 6.42 Å². The van der Waals surface area contributed by atoms with Crippen molar-refractivity contribution >= 4 is 22.6 Å². The summed E-state index contributed by atoms with van der Waals surface area (Å²) >= 11 is 1.92. The third-order valence-electron chi connectivity index (χ3n) is 2.87. The van der Waals surface area contributed by atoms with Crippen molar-refractivity contribution in [3.63, 3.8) is 0 Å². The van der Waals surface area contributed by atoms with Gasteiger partial charge >= 0.3 is 5.69 Å². The lowest BCUT2D eigenvalue weighted by Gasteiger charge is -2.17. The molecule has 4 atom stereocenters. The molecule has 1 saturated heterocycles. The molecule has 2 unspecified atom stereocenters. The monoisotopic (exact) mass is 378 g/mol. The second-order valence-electron chi connectivity index (χ2n) is 4.04. The Hall–Kier alpha value is -1.15. The number of hydrogen-bond donors (Lipinski definition) is 3. The highest BCUT2D eigenvalue weighted by Crippen LogP contribution is 2.33. The van der Waals surface area contributed by atoms with E-state index < -0.39 is 33.6 Å². The van der Waals surface area contributed by atoms with E-state index >= 15 is 0 Å². The molecule has 3 N–H and O–H groups in total. The van der Waals surface area contributed by atoms with E-state index in [0.29, 0.717) is 0 Å². The van der Waals surface area contributed by atoms with Crippen LogP contribution < -0.4 is 11.2 Å². The van der Waals surface area contributed by atoms with E-state index in [2.05, 4.69) is 10.9 Å². The highest BCUT2D eigenvalue weighted by Gasteiger charge is 2.43. The molecule has 7 nitrogen and oxygen atoms in total. The van der Waals surface area contributed by atoms with Gasteiger partial charge in [0.15, 0.2) is 6.23 Å². The van der Waals surface area contributed by atoms with Crippen LogP contribution in [0.4, 0.5) is 0 Å². The Morgan fingerprint density at radius 3 is 2.79 bits per heavy atom. The van der Waals surface area contributed by atoms with Crippen LogP contribution >= 0.6 is 22.6 Å². The van der Waals surface area contributed by atoms with Crippen molar-refractivity contribution in [2.24, 2.45) is 0 Å². The Labute approximate surface area is 121 Å². The van der Waals surface area contributed by atoms with E-state index in [9.17, 15) is 14.7 Å². The largest absolute Gasteiger partial charge is 0.394 e. The number of aromatic nitrogens is 2. The van der Waals surface area contributed by atoms with Crippen molar-refractivity contribution in [1.29, 1.82) is 0 Å². The summed E-state index contributed by atoms with van der Waals surface area (Å²) in [6.45, 7) is -0.364. The maximum absolute atomic E-state index is 11.8. The molecule has 1 aromatic heterocycles. The molecule has 8 heteroatoms. The number of nitrogens with one attached hydrogen (secondary N) is 1. The number of halogens is 1. The van der Waals surface area contributed by atoms with Gasteiger partial charge in [0.25, 0.3) is 5.56 Å². The fraction of sp³-hybridized carbons (Fsp3) is 0.455. The average Bonchev–Trinajstić information content (AvgIpc) is 2.67. The molecule has 19 heavy (non-hydrogen) atoms. The first kappa shape index (κ1) is 14.3. The molecular weight excluding hydrogens is 367 g/mol. The van der Waals surface area contributed by atoms with Gasteiger partial charge < -0.3 is 14.9 Å². The normalized spacial score (nSPS) is 30.2. The standard InChI is InChI=1S/C11H11IN2O5/c1-2-5-3-14(11(18)13-9(5)17)10-7(12)8(16)6(4-15)19-10/h1,3,6-8,10,15-16H,4H2,(H,13,17,18)/t6-,7?,8?,10-/m0/s1. The summed E-state index contributed by atoms with van der Waals surface area (Å²) in [5.41, 5.74) is -1.33. The van der Waals surface area contributed by atoms with Crippen molar-refractivity contribution in [1.82, 2.24) is 9.55 Å². The fourth-order valence-electron chi connectivity index (χ4n) is 1.86. The summed E-state index contributed by atoms with van der Waals surface area (Å²) in [4.78, 5) is 25.2. The zero-order chi connectivity index (χ0) is 14.2. The number of nitrogens with zero attached hydrogens (tertiary/aromatic N) is 1. The van der Waals surface area contributed by atoms with Crippen LogP contribution in [0.25, 0.3) is 0 Å². The number of aliphatic hydroxyl groups is 2. The molecule has 1 fully saturated rings. The summed E-state index contributed by atoms with van der Waals surface area (Å²) in [5.74, 6) is 2.16. The van der Waals surface area contributed by atoms with Gasteiger partial charge in [0.2, 0.25) is 0 Å². The zero-order valence-corrected chi connectivity index (χ0v) is 11.8. The lowest BCUT2D eigenvalue weighted by atomic mass is 10.2. The minimum absolute atomic E-state index is 0.00580. The average molecular weight is 378 g/mol. The molecule has 0 aromatic carbocycles. The van der Waals surface area contributed by atoms with Crippen LogP contribution in [0.3, 0.4) is 0 Å². The number of hydrogen-bond acceptors (Lipinski definition) is 5. The van der Waals surface area contributed by atoms with Crippen LogP contribution in [0.5, 0.6) is 0 Å². The molecule has 0 aliphatic carbocycles. The van der Waals surface area contributed by atoms with Crippen LogP contribution in [0.15, 0.2) is 15.8 Å². The first-order valence-corrected chi connectivity index (χ1v) is 6.64. The third kappa shape index (κ3) is 2.46. The molecular formula is C11H11IN2O5. The molecule has 0 amide bonds. The number of ether oxygens (including phenoxy) is 1. The fourth-order valence-corrected chi connectivity index (χ4v) is 2.83. The second kappa shape index (κ2) is 5.46. The lowest BCUT2D eigenvalue weighted by molar-refractivity contribution is -0.0456. The van der Waals surface area contributed by atoms with Crippen molar-refractivity contribution in [2.45, 2.75) is 22.4 Å². The molecule has 102 valence electrons. The third-order valence-corrected chi connectivity index (χ3v) is 4.22. The SMILES string of the molecule is C#Cc1cn([C@H]2O[C@@H](CO)C(O)C2I)c(=O)[nH]c1=O. The second-order valence-corrected chi connectivity index (χ2v) is 5.47. The van der Waals surface area contributed by atoms with E-state index in [4.69, 9.17) is 16.3 Å². The summed E-state index contributed by atoms with van der Waals surface area (Å²) in [7, 11) is 0. The van der Waals surface area contributed by atoms with Crippen molar-refractivity contribution in [2.75, 3.05) is 6.61 Å². The Bertz CT molecular complexity index is 631. The van der Waals surface area contributed by atoms with Gasteiger partial charge in [-0.25, -0.2) is 4.79 Å². The van der Waals surface area contributed by atoms with Gasteiger partial charge in [-0.1, -0.05) is 28.5 Å². The van der Waals surface area contributed by atoms with Gasteiger partial charge in [0.1, 0.15) is 11.7 Å². The topological polar surface area (TPSA) is 105 Å². The van der Waals surface area contributed by atoms with Crippen LogP contribution in [-0.4, -0.2) is 42.5 Å². The van der Waals surface area contributed by atoms with Crippen molar-refractivity contribution in [3.8, 4) is 12.3 Å². The molecule has 1 aromatic rings. The van der Waals surface area contributed by atoms with Crippen LogP contribution in [-0.2, 0) is 4.74 Å². The van der Waals surface area contributed by atoms with Gasteiger partial charge in [-0.05, 0) is 0 Å². The van der Waals surface area contributed by atoms with E-state index in [1.54, 1.807) is 0 Å². The highest BCUT2D eigenvalue weighted by atomic mass is 127. The number of rotatable bonds is 2. The first-order valence-electron chi connectivity index (χ1n) is 5.40. The minimum Gasteiger partial charge on any atom is -0.394 e. The number of terminal acetylenes is 1. The predicted molar refractivity (Wildman–Crippen MR) is 74.1 cm³/mol. The molecule has 2 heterocycles. The molecule has 0 bridgehead atoms. The quantitative estimate of drug-likeness (QED) is 0.333. The van der Waals surface area contributed by atoms with Gasteiger partial charge in [-0.2, -0.15) is 0 Å². The zero-order valence-electron chi connectivity index (χ0n) is 9.62. The summed E-state index contributed by atoms with van der Waals surface area (Å²) in [5, 5.41) is 18.9. The van der Waals surface area contributed by atoms with Gasteiger partial charge in [0.05, 0.1) is 16.6 Å².